The number of anilines is 1. The van der Waals surface area contributed by atoms with E-state index in [1.54, 1.807) is 6.92 Å². The van der Waals surface area contributed by atoms with Crippen LogP contribution in [0.15, 0.2) is 12.4 Å². The molecule has 1 aliphatic heterocycles. The van der Waals surface area contributed by atoms with Crippen molar-refractivity contribution in [3.05, 3.63) is 22.5 Å². The van der Waals surface area contributed by atoms with Gasteiger partial charge in [-0.3, -0.25) is 14.9 Å². The van der Waals surface area contributed by atoms with Crippen LogP contribution >= 0.6 is 0 Å². The van der Waals surface area contributed by atoms with Gasteiger partial charge in [-0.05, 0) is 19.3 Å². The number of hydrogen-bond acceptors (Lipinski definition) is 7. The van der Waals surface area contributed by atoms with E-state index >= 15 is 0 Å². The zero-order chi connectivity index (χ0) is 16.3. The van der Waals surface area contributed by atoms with Crippen LogP contribution in [0.2, 0.25) is 0 Å². The molecule has 0 N–H and O–H groups in total. The summed E-state index contributed by atoms with van der Waals surface area (Å²) >= 11 is 0. The van der Waals surface area contributed by atoms with Gasteiger partial charge in [0.1, 0.15) is 12.4 Å². The van der Waals surface area contributed by atoms with Gasteiger partial charge in [0.15, 0.2) is 0 Å². The molecule has 0 amide bonds. The fourth-order valence-electron chi connectivity index (χ4n) is 2.72. The van der Waals surface area contributed by atoms with Crippen molar-refractivity contribution < 1.29 is 14.5 Å². The molecule has 2 heterocycles. The lowest BCUT2D eigenvalue weighted by molar-refractivity contribution is -0.385. The Bertz CT molecular complexity index is 560. The largest absolute Gasteiger partial charge is 0.466 e. The molecule has 0 bridgehead atoms. The van der Waals surface area contributed by atoms with Gasteiger partial charge in [0.2, 0.25) is 5.95 Å². The van der Waals surface area contributed by atoms with Crippen LogP contribution in [0.5, 0.6) is 0 Å². The molecule has 1 aromatic rings. The Morgan fingerprint density at radius 2 is 2.14 bits per heavy atom. The smallest absolute Gasteiger partial charge is 0.314 e. The van der Waals surface area contributed by atoms with Crippen LogP contribution in [-0.2, 0) is 9.53 Å². The molecule has 0 radical (unpaired) electrons. The third-order valence-electron chi connectivity index (χ3n) is 4.21. The molecule has 0 aliphatic carbocycles. The average Bonchev–Trinajstić information content (AvgIpc) is 2.94. The minimum atomic E-state index is -0.582. The molecule has 1 atom stereocenters. The predicted molar refractivity (Wildman–Crippen MR) is 79.4 cm³/mol. The molecule has 120 valence electrons. The predicted octanol–water partition coefficient (Wildman–Crippen LogP) is 1.80. The highest BCUT2D eigenvalue weighted by atomic mass is 16.6. The van der Waals surface area contributed by atoms with Gasteiger partial charge in [0.05, 0.1) is 16.9 Å². The van der Waals surface area contributed by atoms with Crippen LogP contribution in [0.25, 0.3) is 0 Å². The van der Waals surface area contributed by atoms with Crippen LogP contribution < -0.4 is 4.90 Å². The monoisotopic (exact) mass is 308 g/mol. The molecule has 1 aliphatic rings. The first kappa shape index (κ1) is 16.1. The van der Waals surface area contributed by atoms with Crippen LogP contribution in [-0.4, -0.2) is 40.6 Å². The molecule has 8 nitrogen and oxygen atoms in total. The second kappa shape index (κ2) is 6.25. The van der Waals surface area contributed by atoms with Crippen LogP contribution in [0.3, 0.4) is 0 Å². The van der Waals surface area contributed by atoms with Gasteiger partial charge in [0, 0.05) is 13.1 Å². The van der Waals surface area contributed by atoms with E-state index in [1.807, 2.05) is 18.7 Å². The Morgan fingerprint density at radius 3 is 2.64 bits per heavy atom. The maximum Gasteiger partial charge on any atom is 0.314 e. The summed E-state index contributed by atoms with van der Waals surface area (Å²) in [6.45, 7) is 7.21. The van der Waals surface area contributed by atoms with Gasteiger partial charge in [-0.15, -0.1) is 0 Å². The Kier molecular flexibility index (Phi) is 4.58. The molecule has 0 saturated carbocycles. The SMILES string of the molecule is CCOC(=O)C1(C(C)C)CCN(c2ncc([N+](=O)[O-])cn2)C1. The van der Waals surface area contributed by atoms with Crippen molar-refractivity contribution in [1.82, 2.24) is 9.97 Å². The summed E-state index contributed by atoms with van der Waals surface area (Å²) in [6.07, 6.45) is 3.02. The number of ether oxygens (including phenoxy) is 1. The van der Waals surface area contributed by atoms with Crippen LogP contribution in [0.1, 0.15) is 27.2 Å². The van der Waals surface area contributed by atoms with E-state index in [2.05, 4.69) is 9.97 Å². The number of nitro groups is 1. The summed E-state index contributed by atoms with van der Waals surface area (Å²) in [6, 6.07) is 0. The molecule has 8 heteroatoms. The van der Waals surface area contributed by atoms with Gasteiger partial charge < -0.3 is 9.64 Å². The molecule has 22 heavy (non-hydrogen) atoms. The lowest BCUT2D eigenvalue weighted by Crippen LogP contribution is -2.41. The highest BCUT2D eigenvalue weighted by Crippen LogP contribution is 2.40. The van der Waals surface area contributed by atoms with Gasteiger partial charge in [0.25, 0.3) is 0 Å². The second-order valence-electron chi connectivity index (χ2n) is 5.70. The summed E-state index contributed by atoms with van der Waals surface area (Å²) in [5, 5.41) is 10.6. The van der Waals surface area contributed by atoms with Crippen molar-refractivity contribution in [3.63, 3.8) is 0 Å². The van der Waals surface area contributed by atoms with Gasteiger partial charge in [-0.25, -0.2) is 9.97 Å². The maximum atomic E-state index is 12.4. The molecule has 1 aromatic heterocycles. The lowest BCUT2D eigenvalue weighted by Gasteiger charge is -2.30. The second-order valence-corrected chi connectivity index (χ2v) is 5.70. The summed E-state index contributed by atoms with van der Waals surface area (Å²) < 4.78 is 5.23. The third-order valence-corrected chi connectivity index (χ3v) is 4.21. The molecular weight excluding hydrogens is 288 g/mol. The van der Waals surface area contributed by atoms with Crippen molar-refractivity contribution in [1.29, 1.82) is 0 Å². The van der Waals surface area contributed by atoms with E-state index in [0.29, 0.717) is 32.1 Å². The normalized spacial score (nSPS) is 21.2. The number of carbonyl (C=O) groups excluding carboxylic acids is 1. The van der Waals surface area contributed by atoms with Crippen molar-refractivity contribution in [2.75, 3.05) is 24.6 Å². The number of nitrogens with zero attached hydrogens (tertiary/aromatic N) is 4. The highest BCUT2D eigenvalue weighted by molar-refractivity contribution is 5.79. The Labute approximate surface area is 128 Å². The lowest BCUT2D eigenvalue weighted by atomic mass is 9.76. The fourth-order valence-corrected chi connectivity index (χ4v) is 2.72. The van der Waals surface area contributed by atoms with E-state index < -0.39 is 10.3 Å². The van der Waals surface area contributed by atoms with E-state index in [9.17, 15) is 14.9 Å². The first-order valence-corrected chi connectivity index (χ1v) is 7.29. The minimum Gasteiger partial charge on any atom is -0.466 e. The quantitative estimate of drug-likeness (QED) is 0.464. The summed E-state index contributed by atoms with van der Waals surface area (Å²) in [7, 11) is 0. The van der Waals surface area contributed by atoms with E-state index in [-0.39, 0.29) is 17.6 Å². The molecule has 2 rings (SSSR count). The number of carbonyl (C=O) groups is 1. The summed E-state index contributed by atoms with van der Waals surface area (Å²) in [5.74, 6) is 0.321. The van der Waals surface area contributed by atoms with Crippen molar-refractivity contribution >= 4 is 17.6 Å². The van der Waals surface area contributed by atoms with E-state index in [4.69, 9.17) is 4.74 Å². The molecule has 1 fully saturated rings. The number of hydrogen-bond donors (Lipinski definition) is 0. The van der Waals surface area contributed by atoms with E-state index in [1.165, 1.54) is 12.4 Å². The third kappa shape index (κ3) is 2.86. The standard InChI is InChI=1S/C14H20N4O4/c1-4-22-12(19)14(10(2)3)5-6-17(9-14)13-15-7-11(8-16-13)18(20)21/h7-8,10H,4-6,9H2,1-3H3. The molecular formula is C14H20N4O4. The minimum absolute atomic E-state index is 0.120. The maximum absolute atomic E-state index is 12.4. The van der Waals surface area contributed by atoms with Crippen LogP contribution in [0.4, 0.5) is 11.6 Å². The Morgan fingerprint density at radius 1 is 1.50 bits per heavy atom. The highest BCUT2D eigenvalue weighted by Gasteiger charge is 2.48. The van der Waals surface area contributed by atoms with Gasteiger partial charge >= 0.3 is 11.7 Å². The van der Waals surface area contributed by atoms with Crippen molar-refractivity contribution in [3.8, 4) is 0 Å². The fraction of sp³-hybridized carbons (Fsp3) is 0.643. The number of aromatic nitrogens is 2. The molecule has 0 spiro atoms. The first-order valence-electron chi connectivity index (χ1n) is 7.29. The molecule has 1 unspecified atom stereocenters. The Hall–Kier alpha value is -2.25. The van der Waals surface area contributed by atoms with Crippen molar-refractivity contribution in [2.24, 2.45) is 11.3 Å². The Balaban J connectivity index is 2.19. The first-order chi connectivity index (χ1) is 10.4. The number of esters is 1. The molecule has 1 saturated heterocycles. The van der Waals surface area contributed by atoms with E-state index in [0.717, 1.165) is 0 Å². The molecule has 0 aromatic carbocycles. The summed E-state index contributed by atoms with van der Waals surface area (Å²) in [4.78, 5) is 32.4. The van der Waals surface area contributed by atoms with Crippen molar-refractivity contribution in [2.45, 2.75) is 27.2 Å². The zero-order valence-corrected chi connectivity index (χ0v) is 13.0. The topological polar surface area (TPSA) is 98.5 Å². The van der Waals surface area contributed by atoms with Gasteiger partial charge in [-0.1, -0.05) is 13.8 Å². The number of rotatable bonds is 5. The average molecular weight is 308 g/mol. The summed E-state index contributed by atoms with van der Waals surface area (Å²) in [5.41, 5.74) is -0.732. The zero-order valence-electron chi connectivity index (χ0n) is 13.0. The van der Waals surface area contributed by atoms with Crippen LogP contribution in [0, 0.1) is 21.4 Å². The van der Waals surface area contributed by atoms with Gasteiger partial charge in [-0.2, -0.15) is 0 Å².